The van der Waals surface area contributed by atoms with E-state index in [-0.39, 0.29) is 13.2 Å². The summed E-state index contributed by atoms with van der Waals surface area (Å²) in [7, 11) is 1.82. The van der Waals surface area contributed by atoms with E-state index in [1.807, 2.05) is 21.1 Å². The van der Waals surface area contributed by atoms with Gasteiger partial charge in [-0.2, -0.15) is 0 Å². The highest BCUT2D eigenvalue weighted by molar-refractivity contribution is 7.45. The number of likely N-dealkylation sites (N-methyl/N-ethyl adjacent to an activating group) is 1. The fourth-order valence-corrected chi connectivity index (χ4v) is 3.17. The van der Waals surface area contributed by atoms with E-state index in [4.69, 9.17) is 9.05 Å². The zero-order valence-electron chi connectivity index (χ0n) is 16.1. The first-order valence-corrected chi connectivity index (χ1v) is 10.8. The Hall–Kier alpha value is -0.650. The molecule has 6 nitrogen and oxygen atoms in total. The zero-order chi connectivity index (χ0) is 18.6. The molecule has 1 aromatic heterocycles. The van der Waals surface area contributed by atoms with Crippen LogP contribution in [0.15, 0.2) is 24.5 Å². The van der Waals surface area contributed by atoms with Crippen molar-refractivity contribution in [3.8, 4) is 0 Å². The topological polar surface area (TPSA) is 63.5 Å². The van der Waals surface area contributed by atoms with Gasteiger partial charge in [-0.25, -0.2) is 0 Å². The van der Waals surface area contributed by atoms with Crippen molar-refractivity contribution in [3.63, 3.8) is 0 Å². The predicted molar refractivity (Wildman–Crippen MR) is 99.2 cm³/mol. The SMILES string of the molecule is C[N+](C)(C)CCOP(=O)([O-])OCCCCCCCCCn1cccc1. The van der Waals surface area contributed by atoms with Crippen molar-refractivity contribution < 1.29 is 23.0 Å². The lowest BCUT2D eigenvalue weighted by atomic mass is 10.1. The summed E-state index contributed by atoms with van der Waals surface area (Å²) in [6.07, 6.45) is 12.0. The molecular weight excluding hydrogens is 339 g/mol. The van der Waals surface area contributed by atoms with E-state index in [1.165, 1.54) is 25.7 Å². The van der Waals surface area contributed by atoms with Crippen LogP contribution in [-0.4, -0.2) is 50.0 Å². The lowest BCUT2D eigenvalue weighted by molar-refractivity contribution is -0.870. The van der Waals surface area contributed by atoms with Crippen molar-refractivity contribution in [3.05, 3.63) is 24.5 Å². The van der Waals surface area contributed by atoms with Crippen LogP contribution in [-0.2, 0) is 20.2 Å². The number of phosphoric ester groups is 1. The second-order valence-corrected chi connectivity index (χ2v) is 8.93. The highest BCUT2D eigenvalue weighted by atomic mass is 31.2. The Labute approximate surface area is 153 Å². The summed E-state index contributed by atoms with van der Waals surface area (Å²) in [5.74, 6) is 0. The molecule has 0 aliphatic heterocycles. The second-order valence-electron chi connectivity index (χ2n) is 7.52. The van der Waals surface area contributed by atoms with Gasteiger partial charge in [0.15, 0.2) is 0 Å². The average molecular weight is 374 g/mol. The minimum atomic E-state index is -4.14. The van der Waals surface area contributed by atoms with Crippen LogP contribution in [0.3, 0.4) is 0 Å². The Bertz CT molecular complexity index is 486. The van der Waals surface area contributed by atoms with Gasteiger partial charge in [0.05, 0.1) is 27.7 Å². The van der Waals surface area contributed by atoms with Crippen LogP contribution in [0.2, 0.25) is 0 Å². The molecule has 1 aromatic rings. The van der Waals surface area contributed by atoms with E-state index < -0.39 is 7.82 Å². The summed E-state index contributed by atoms with van der Waals surface area (Å²) < 4.78 is 24.2. The van der Waals surface area contributed by atoms with E-state index in [9.17, 15) is 9.46 Å². The summed E-state index contributed by atoms with van der Waals surface area (Å²) in [6.45, 7) is 2.10. The van der Waals surface area contributed by atoms with Gasteiger partial charge in [-0.05, 0) is 25.0 Å². The number of hydrogen-bond acceptors (Lipinski definition) is 4. The number of unbranched alkanes of at least 4 members (excludes halogenated alkanes) is 6. The minimum Gasteiger partial charge on any atom is -0.756 e. The molecule has 146 valence electrons. The van der Waals surface area contributed by atoms with Crippen molar-refractivity contribution in [2.45, 2.75) is 51.5 Å². The van der Waals surface area contributed by atoms with Gasteiger partial charge in [0.25, 0.3) is 7.82 Å². The molecule has 0 fully saturated rings. The van der Waals surface area contributed by atoms with E-state index >= 15 is 0 Å². The van der Waals surface area contributed by atoms with E-state index in [0.29, 0.717) is 11.0 Å². The molecule has 1 atom stereocenters. The Morgan fingerprint density at radius 2 is 1.40 bits per heavy atom. The van der Waals surface area contributed by atoms with Crippen molar-refractivity contribution in [2.24, 2.45) is 0 Å². The van der Waals surface area contributed by atoms with Gasteiger partial charge < -0.3 is 23.0 Å². The largest absolute Gasteiger partial charge is 0.756 e. The van der Waals surface area contributed by atoms with Gasteiger partial charge >= 0.3 is 0 Å². The fourth-order valence-electron chi connectivity index (χ4n) is 2.44. The first-order chi connectivity index (χ1) is 11.8. The molecule has 0 saturated heterocycles. The summed E-state index contributed by atoms with van der Waals surface area (Å²) >= 11 is 0. The first-order valence-electron chi connectivity index (χ1n) is 9.30. The highest BCUT2D eigenvalue weighted by Gasteiger charge is 2.12. The quantitative estimate of drug-likeness (QED) is 0.268. The monoisotopic (exact) mass is 374 g/mol. The third-order valence-electron chi connectivity index (χ3n) is 3.99. The molecule has 0 aliphatic carbocycles. The molecule has 0 aromatic carbocycles. The lowest BCUT2D eigenvalue weighted by Gasteiger charge is -2.27. The molecule has 0 spiro atoms. The van der Waals surface area contributed by atoms with Gasteiger partial charge in [0.1, 0.15) is 13.2 Å². The molecule has 1 heterocycles. The van der Waals surface area contributed by atoms with Gasteiger partial charge in [0, 0.05) is 18.9 Å². The second kappa shape index (κ2) is 11.9. The maximum Gasteiger partial charge on any atom is 0.268 e. The van der Waals surface area contributed by atoms with Gasteiger partial charge in [-0.15, -0.1) is 0 Å². The number of aryl methyl sites for hydroxylation is 1. The smallest absolute Gasteiger partial charge is 0.268 e. The lowest BCUT2D eigenvalue weighted by Crippen LogP contribution is -2.37. The maximum absolute atomic E-state index is 11.6. The molecule has 0 amide bonds. The third kappa shape index (κ3) is 13.2. The first kappa shape index (κ1) is 22.4. The van der Waals surface area contributed by atoms with Crippen molar-refractivity contribution in [2.75, 3.05) is 40.9 Å². The molecular formula is C18H35N2O4P. The van der Waals surface area contributed by atoms with Gasteiger partial charge in [-0.3, -0.25) is 4.57 Å². The third-order valence-corrected chi connectivity index (χ3v) is 4.99. The van der Waals surface area contributed by atoms with E-state index in [0.717, 1.165) is 25.8 Å². The standard InChI is InChI=1S/C18H35N2O4P/c1-20(2,3)16-18-24-25(21,22)23-17-12-8-6-4-5-7-9-13-19-14-10-11-15-19/h10-11,14-15H,4-9,12-13,16-18H2,1-3H3. The Kier molecular flexibility index (Phi) is 10.6. The number of hydrogen-bond donors (Lipinski definition) is 0. The average Bonchev–Trinajstić information content (AvgIpc) is 3.00. The minimum absolute atomic E-state index is 0.160. The zero-order valence-corrected chi connectivity index (χ0v) is 17.0. The molecule has 1 rings (SSSR count). The number of quaternary nitrogens is 1. The summed E-state index contributed by atoms with van der Waals surface area (Å²) in [5, 5.41) is 0. The van der Waals surface area contributed by atoms with Gasteiger partial charge in [-0.1, -0.05) is 32.1 Å². The summed E-state index contributed by atoms with van der Waals surface area (Å²) in [4.78, 5) is 11.6. The van der Waals surface area contributed by atoms with Gasteiger partial charge in [0.2, 0.25) is 0 Å². The number of aromatic nitrogens is 1. The van der Waals surface area contributed by atoms with E-state index in [2.05, 4.69) is 29.1 Å². The Morgan fingerprint density at radius 3 is 2.00 bits per heavy atom. The maximum atomic E-state index is 11.6. The van der Waals surface area contributed by atoms with Crippen LogP contribution in [0.4, 0.5) is 0 Å². The normalized spacial score (nSPS) is 14.6. The van der Waals surface area contributed by atoms with Crippen molar-refractivity contribution in [1.29, 1.82) is 0 Å². The molecule has 1 unspecified atom stereocenters. The highest BCUT2D eigenvalue weighted by Crippen LogP contribution is 2.38. The number of phosphoric acid groups is 1. The number of rotatable bonds is 15. The fraction of sp³-hybridized carbons (Fsp3) is 0.778. The van der Waals surface area contributed by atoms with Crippen LogP contribution < -0.4 is 4.89 Å². The molecule has 0 radical (unpaired) electrons. The van der Waals surface area contributed by atoms with Crippen molar-refractivity contribution in [1.82, 2.24) is 4.57 Å². The molecule has 0 saturated carbocycles. The van der Waals surface area contributed by atoms with Crippen LogP contribution in [0.25, 0.3) is 0 Å². The predicted octanol–water partition coefficient (Wildman–Crippen LogP) is 3.43. The molecule has 7 heteroatoms. The van der Waals surface area contributed by atoms with Crippen LogP contribution in [0, 0.1) is 0 Å². The summed E-state index contributed by atoms with van der Waals surface area (Å²) in [6, 6.07) is 4.11. The number of nitrogens with zero attached hydrogens (tertiary/aromatic N) is 2. The Balaban J connectivity index is 1.89. The van der Waals surface area contributed by atoms with Crippen LogP contribution in [0.5, 0.6) is 0 Å². The van der Waals surface area contributed by atoms with Crippen LogP contribution in [0.1, 0.15) is 44.9 Å². The Morgan fingerprint density at radius 1 is 0.880 bits per heavy atom. The molecule has 0 aliphatic rings. The molecule has 0 bridgehead atoms. The summed E-state index contributed by atoms with van der Waals surface area (Å²) in [5.41, 5.74) is 0. The van der Waals surface area contributed by atoms with Crippen LogP contribution >= 0.6 is 7.82 Å². The van der Waals surface area contributed by atoms with E-state index in [1.54, 1.807) is 0 Å². The molecule has 25 heavy (non-hydrogen) atoms. The molecule has 0 N–H and O–H groups in total. The van der Waals surface area contributed by atoms with Crippen molar-refractivity contribution >= 4 is 7.82 Å².